The van der Waals surface area contributed by atoms with Crippen molar-refractivity contribution < 1.29 is 80.2 Å². The largest absolute Gasteiger partial charge is 0.472 e. The number of carbonyl (C=O) groups is 4. The van der Waals surface area contributed by atoms with Crippen LogP contribution < -0.4 is 0 Å². The highest BCUT2D eigenvalue weighted by Crippen LogP contribution is 2.45. The Labute approximate surface area is 643 Å². The summed E-state index contributed by atoms with van der Waals surface area (Å²) in [7, 11) is -9.99. The molecule has 0 fully saturated rings. The predicted octanol–water partition coefficient (Wildman–Crippen LogP) is 24.2. The average molecular weight is 1530 g/mol. The quantitative estimate of drug-likeness (QED) is 0.0169. The molecule has 0 aromatic carbocycles. The molecule has 2 unspecified atom stereocenters. The Morgan fingerprint density at radius 1 is 0.274 bits per heavy atom. The first-order valence-corrected chi connectivity index (χ1v) is 44.1. The molecule has 0 aromatic rings. The zero-order valence-corrected chi connectivity index (χ0v) is 68.1. The van der Waals surface area contributed by atoms with Crippen molar-refractivity contribution in [3.05, 3.63) is 146 Å². The molecule has 0 rings (SSSR count). The van der Waals surface area contributed by atoms with Gasteiger partial charge in [-0.3, -0.25) is 37.3 Å². The predicted molar refractivity (Wildman–Crippen MR) is 436 cm³/mol. The number of aliphatic hydroxyl groups is 1. The zero-order valence-electron chi connectivity index (χ0n) is 66.3. The van der Waals surface area contributed by atoms with Gasteiger partial charge in [-0.1, -0.05) is 276 Å². The minimum absolute atomic E-state index is 0.0434. The van der Waals surface area contributed by atoms with Crippen molar-refractivity contribution in [1.29, 1.82) is 0 Å². The van der Waals surface area contributed by atoms with Crippen LogP contribution in [0.3, 0.4) is 0 Å². The molecule has 0 radical (unpaired) electrons. The van der Waals surface area contributed by atoms with E-state index in [1.165, 1.54) is 51.4 Å². The second-order valence-corrected chi connectivity index (χ2v) is 29.8. The fraction of sp³-hybridized carbons (Fsp3) is 0.678. The molecule has 606 valence electrons. The molecular weight excluding hydrogens is 1380 g/mol. The Balaban J connectivity index is 5.45. The number of allylic oxidation sites excluding steroid dienone is 24. The Bertz CT molecular complexity index is 2580. The van der Waals surface area contributed by atoms with Crippen LogP contribution in [0.15, 0.2) is 146 Å². The lowest BCUT2D eigenvalue weighted by Gasteiger charge is -2.21. The van der Waals surface area contributed by atoms with Gasteiger partial charge in [0.1, 0.15) is 19.3 Å². The van der Waals surface area contributed by atoms with Gasteiger partial charge in [-0.05, 0) is 167 Å². The van der Waals surface area contributed by atoms with Gasteiger partial charge in [0, 0.05) is 25.7 Å². The smallest absolute Gasteiger partial charge is 0.462 e. The standard InChI is InChI=1S/C87H146O17P2/c1-5-9-13-17-21-25-29-33-36-38-40-42-45-48-52-56-60-64-68-72-85(90)98-78-83(104-87(92)74-70-66-62-58-54-50-46-43-41-39-37-34-30-26-22-18-14-10-6-2)80-102-106(95,96)100-76-81(88)75-99-105(93,94)101-79-82(77-97-84(89)71-67-63-59-55-51-47-32-28-24-20-16-12-8-4)103-86(91)73-69-65-61-57-53-49-44-35-31-27-23-19-15-11-7-3/h9-10,13-14,21-22,25-28,31-34,36-37,40-43,48,50,52,54,81-83,88H,5-8,11-12,15-20,23-24,29-30,35,38-39,44-47,49,51,53,55-80H2,1-4H3,(H,93,94)(H,95,96)/b13-9-,14-10-,25-21-,26-22-,31-27-,32-28-,36-33-,37-34-,42-40-,43-41-,52-48-,54-50-/t81-,82+,83+/m0/s1. The molecule has 5 atom stereocenters. The molecule has 0 spiro atoms. The Morgan fingerprint density at radius 2 is 0.491 bits per heavy atom. The lowest BCUT2D eigenvalue weighted by Crippen LogP contribution is -2.30. The summed E-state index contributed by atoms with van der Waals surface area (Å²) in [4.78, 5) is 73.1. The van der Waals surface area contributed by atoms with E-state index in [-0.39, 0.29) is 25.7 Å². The first-order chi connectivity index (χ1) is 51.7. The molecule has 3 N–H and O–H groups in total. The van der Waals surface area contributed by atoms with Crippen molar-refractivity contribution in [2.75, 3.05) is 39.6 Å². The molecule has 0 saturated heterocycles. The van der Waals surface area contributed by atoms with Crippen LogP contribution in [0.5, 0.6) is 0 Å². The Hall–Kier alpha value is -5.06. The van der Waals surface area contributed by atoms with Crippen LogP contribution in [0.4, 0.5) is 0 Å². The van der Waals surface area contributed by atoms with Crippen LogP contribution in [0.25, 0.3) is 0 Å². The molecule has 0 heterocycles. The van der Waals surface area contributed by atoms with E-state index in [1.54, 1.807) is 0 Å². The summed E-state index contributed by atoms with van der Waals surface area (Å²) in [5, 5.41) is 10.7. The Kier molecular flexibility index (Phi) is 74.3. The molecule has 0 aromatic heterocycles. The van der Waals surface area contributed by atoms with Crippen LogP contribution in [0.1, 0.15) is 323 Å². The highest BCUT2D eigenvalue weighted by atomic mass is 31.2. The van der Waals surface area contributed by atoms with Gasteiger partial charge in [-0.15, -0.1) is 0 Å². The number of phosphoric acid groups is 2. The third kappa shape index (κ3) is 77.1. The van der Waals surface area contributed by atoms with E-state index in [4.69, 9.17) is 37.0 Å². The monoisotopic (exact) mass is 1530 g/mol. The summed E-state index contributed by atoms with van der Waals surface area (Å²) < 4.78 is 68.6. The summed E-state index contributed by atoms with van der Waals surface area (Å²) in [6, 6.07) is 0. The average Bonchev–Trinajstić information content (AvgIpc) is 0.903. The summed E-state index contributed by atoms with van der Waals surface area (Å²) >= 11 is 0. The number of hydrogen-bond donors (Lipinski definition) is 3. The van der Waals surface area contributed by atoms with E-state index >= 15 is 0 Å². The van der Waals surface area contributed by atoms with Gasteiger partial charge in [-0.25, -0.2) is 9.13 Å². The summed E-state index contributed by atoms with van der Waals surface area (Å²) in [6.45, 7) is 4.55. The topological polar surface area (TPSA) is 237 Å². The molecule has 0 aliphatic heterocycles. The molecular formula is C87H146O17P2. The first-order valence-electron chi connectivity index (χ1n) is 41.1. The molecule has 0 amide bonds. The van der Waals surface area contributed by atoms with Gasteiger partial charge >= 0.3 is 39.5 Å². The highest BCUT2D eigenvalue weighted by Gasteiger charge is 2.30. The van der Waals surface area contributed by atoms with E-state index in [2.05, 4.69) is 174 Å². The van der Waals surface area contributed by atoms with Crippen molar-refractivity contribution in [1.82, 2.24) is 0 Å². The van der Waals surface area contributed by atoms with Crippen molar-refractivity contribution in [2.45, 2.75) is 341 Å². The van der Waals surface area contributed by atoms with E-state index < -0.39 is 97.5 Å². The number of ether oxygens (including phenoxy) is 4. The lowest BCUT2D eigenvalue weighted by atomic mass is 10.1. The maximum Gasteiger partial charge on any atom is 0.472 e. The van der Waals surface area contributed by atoms with Crippen LogP contribution in [0, 0.1) is 0 Å². The second-order valence-electron chi connectivity index (χ2n) is 26.9. The van der Waals surface area contributed by atoms with Crippen LogP contribution in [-0.2, 0) is 65.4 Å². The Morgan fingerprint density at radius 3 is 0.774 bits per heavy atom. The number of esters is 4. The van der Waals surface area contributed by atoms with Crippen LogP contribution >= 0.6 is 15.6 Å². The molecule has 0 aliphatic rings. The minimum Gasteiger partial charge on any atom is -0.462 e. The molecule has 0 bridgehead atoms. The highest BCUT2D eigenvalue weighted by molar-refractivity contribution is 7.47. The van der Waals surface area contributed by atoms with Crippen molar-refractivity contribution in [3.63, 3.8) is 0 Å². The molecule has 106 heavy (non-hydrogen) atoms. The number of rotatable bonds is 76. The zero-order chi connectivity index (χ0) is 77.4. The maximum absolute atomic E-state index is 13.1. The summed E-state index contributed by atoms with van der Waals surface area (Å²) in [5.74, 6) is -2.26. The van der Waals surface area contributed by atoms with Gasteiger partial charge in [0.05, 0.1) is 26.4 Å². The number of aliphatic hydroxyl groups excluding tert-OH is 1. The fourth-order valence-electron chi connectivity index (χ4n) is 10.6. The van der Waals surface area contributed by atoms with Gasteiger partial charge in [0.15, 0.2) is 12.2 Å². The van der Waals surface area contributed by atoms with E-state index in [0.29, 0.717) is 25.7 Å². The number of carbonyl (C=O) groups excluding carboxylic acids is 4. The van der Waals surface area contributed by atoms with Crippen LogP contribution in [0.2, 0.25) is 0 Å². The second kappa shape index (κ2) is 78.1. The number of hydrogen-bond acceptors (Lipinski definition) is 15. The molecule has 0 saturated carbocycles. The van der Waals surface area contributed by atoms with Crippen molar-refractivity contribution >= 4 is 39.5 Å². The first kappa shape index (κ1) is 101. The van der Waals surface area contributed by atoms with Crippen molar-refractivity contribution in [3.8, 4) is 0 Å². The van der Waals surface area contributed by atoms with E-state index in [9.17, 15) is 43.2 Å². The van der Waals surface area contributed by atoms with Gasteiger partial charge in [-0.2, -0.15) is 0 Å². The number of phosphoric ester groups is 2. The van der Waals surface area contributed by atoms with E-state index in [0.717, 1.165) is 193 Å². The molecule has 17 nitrogen and oxygen atoms in total. The summed E-state index contributed by atoms with van der Waals surface area (Å²) in [5.41, 5.74) is 0. The number of unbranched alkanes of at least 4 members (excludes halogenated alkanes) is 26. The van der Waals surface area contributed by atoms with Gasteiger partial charge in [0.2, 0.25) is 0 Å². The maximum atomic E-state index is 13.1. The SMILES string of the molecule is CC/C=C\C/C=C\C/C=C\C/C=C\C/C=C\CCCCCC(=O)OC[C@H](COP(=O)(O)OC[C@@H](O)COP(=O)(O)OC[C@@H](COC(=O)CCCCCCC/C=C\CCCCCC)OC(=O)CCCCCCCCC/C=C\CCCCCC)OC(=O)CCCCC/C=C\C/C=C\C/C=C\C/C=C\C/C=C\CC. The normalized spacial score (nSPS) is 14.6. The molecule has 0 aliphatic carbocycles. The third-order valence-electron chi connectivity index (χ3n) is 16.8. The molecule has 19 heteroatoms. The van der Waals surface area contributed by atoms with Gasteiger partial charge in [0.25, 0.3) is 0 Å². The van der Waals surface area contributed by atoms with E-state index in [1.807, 2.05) is 0 Å². The van der Waals surface area contributed by atoms with Gasteiger partial charge < -0.3 is 33.8 Å². The fourth-order valence-corrected chi connectivity index (χ4v) is 12.1. The summed E-state index contributed by atoms with van der Waals surface area (Å²) in [6.07, 6.45) is 89.6. The minimum atomic E-state index is -5.00. The van der Waals surface area contributed by atoms with Crippen LogP contribution in [-0.4, -0.2) is 96.7 Å². The third-order valence-corrected chi connectivity index (χ3v) is 18.7. The lowest BCUT2D eigenvalue weighted by molar-refractivity contribution is -0.161. The van der Waals surface area contributed by atoms with Crippen molar-refractivity contribution in [2.24, 2.45) is 0 Å².